The normalized spacial score (nSPS) is 17.7. The third-order valence-corrected chi connectivity index (χ3v) is 3.77. The van der Waals surface area contributed by atoms with Gasteiger partial charge in [-0.15, -0.1) is 11.3 Å². The zero-order valence-corrected chi connectivity index (χ0v) is 10.3. The highest BCUT2D eigenvalue weighted by molar-refractivity contribution is 7.09. The first kappa shape index (κ1) is 11.5. The van der Waals surface area contributed by atoms with Gasteiger partial charge in [0.05, 0.1) is 5.51 Å². The van der Waals surface area contributed by atoms with Crippen LogP contribution in [0.25, 0.3) is 0 Å². The number of nitrogens with zero attached hydrogens (tertiary/aromatic N) is 2. The Kier molecular flexibility index (Phi) is 3.90. The third-order valence-electron chi connectivity index (χ3n) is 2.99. The van der Waals surface area contributed by atoms with Crippen LogP contribution in [0.5, 0.6) is 0 Å². The molecule has 0 atom stereocenters. The van der Waals surface area contributed by atoms with Gasteiger partial charge in [-0.1, -0.05) is 0 Å². The van der Waals surface area contributed by atoms with Crippen molar-refractivity contribution in [3.05, 3.63) is 16.6 Å². The van der Waals surface area contributed by atoms with Gasteiger partial charge in [-0.3, -0.25) is 9.78 Å². The minimum Gasteiger partial charge on any atom is -0.343 e. The standard InChI is InChI=1S/C11H17N3OS/c1-9(15)14-4-2-10(3-5-14)13-7-11-6-12-8-16-11/h6,8,10,13H,2-5,7H2,1H3. The van der Waals surface area contributed by atoms with Crippen LogP contribution in [0.3, 0.4) is 0 Å². The van der Waals surface area contributed by atoms with Crippen molar-refractivity contribution in [1.29, 1.82) is 0 Å². The van der Waals surface area contributed by atoms with Crippen molar-refractivity contribution >= 4 is 17.2 Å². The molecule has 1 fully saturated rings. The largest absolute Gasteiger partial charge is 0.343 e. The molecule has 0 unspecified atom stereocenters. The molecule has 0 radical (unpaired) electrons. The molecule has 5 heteroatoms. The summed E-state index contributed by atoms with van der Waals surface area (Å²) < 4.78 is 0. The summed E-state index contributed by atoms with van der Waals surface area (Å²) in [6.45, 7) is 4.31. The molecule has 0 spiro atoms. The number of piperidine rings is 1. The maximum atomic E-state index is 11.1. The second-order valence-corrected chi connectivity index (χ2v) is 5.10. The highest BCUT2D eigenvalue weighted by Gasteiger charge is 2.19. The lowest BCUT2D eigenvalue weighted by atomic mass is 10.1. The average Bonchev–Trinajstić information content (AvgIpc) is 2.80. The Bertz CT molecular complexity index is 331. The molecular weight excluding hydrogens is 222 g/mol. The fourth-order valence-electron chi connectivity index (χ4n) is 1.97. The molecule has 4 nitrogen and oxygen atoms in total. The Labute approximate surface area is 99.7 Å². The molecule has 0 aromatic carbocycles. The molecule has 1 N–H and O–H groups in total. The second kappa shape index (κ2) is 5.41. The van der Waals surface area contributed by atoms with Gasteiger partial charge in [0.1, 0.15) is 0 Å². The van der Waals surface area contributed by atoms with Crippen molar-refractivity contribution < 1.29 is 4.79 Å². The van der Waals surface area contributed by atoms with E-state index in [4.69, 9.17) is 0 Å². The zero-order valence-electron chi connectivity index (χ0n) is 9.48. The summed E-state index contributed by atoms with van der Waals surface area (Å²) in [7, 11) is 0. The molecule has 2 rings (SSSR count). The van der Waals surface area contributed by atoms with E-state index in [0.29, 0.717) is 6.04 Å². The van der Waals surface area contributed by atoms with Crippen LogP contribution < -0.4 is 5.32 Å². The molecule has 0 saturated carbocycles. The van der Waals surface area contributed by atoms with Gasteiger partial charge in [-0.05, 0) is 12.8 Å². The molecule has 1 aromatic heterocycles. The summed E-state index contributed by atoms with van der Waals surface area (Å²) >= 11 is 1.68. The van der Waals surface area contributed by atoms with Gasteiger partial charge >= 0.3 is 0 Å². The molecule has 1 aliphatic heterocycles. The second-order valence-electron chi connectivity index (χ2n) is 4.13. The number of carbonyl (C=O) groups is 1. The number of nitrogens with one attached hydrogen (secondary N) is 1. The van der Waals surface area contributed by atoms with Gasteiger partial charge in [-0.25, -0.2) is 0 Å². The summed E-state index contributed by atoms with van der Waals surface area (Å²) in [4.78, 5) is 18.4. The fraction of sp³-hybridized carbons (Fsp3) is 0.636. The van der Waals surface area contributed by atoms with Gasteiger partial charge in [0, 0.05) is 43.7 Å². The van der Waals surface area contributed by atoms with Crippen LogP contribution in [0.2, 0.25) is 0 Å². The topological polar surface area (TPSA) is 45.2 Å². The van der Waals surface area contributed by atoms with Crippen molar-refractivity contribution in [3.63, 3.8) is 0 Å². The van der Waals surface area contributed by atoms with Crippen LogP contribution in [0.4, 0.5) is 0 Å². The van der Waals surface area contributed by atoms with Gasteiger partial charge in [0.25, 0.3) is 0 Å². The van der Waals surface area contributed by atoms with Gasteiger partial charge in [0.2, 0.25) is 5.91 Å². The quantitative estimate of drug-likeness (QED) is 0.863. The number of likely N-dealkylation sites (tertiary alicyclic amines) is 1. The molecule has 88 valence electrons. The highest BCUT2D eigenvalue weighted by atomic mass is 32.1. The molecule has 16 heavy (non-hydrogen) atoms. The number of hydrogen-bond donors (Lipinski definition) is 1. The molecular formula is C11H17N3OS. The Morgan fingerprint density at radius 3 is 2.94 bits per heavy atom. The third kappa shape index (κ3) is 3.02. The SMILES string of the molecule is CC(=O)N1CCC(NCc2cncs2)CC1. The van der Waals surface area contributed by atoms with Crippen molar-refractivity contribution in [2.24, 2.45) is 0 Å². The monoisotopic (exact) mass is 239 g/mol. The first-order valence-corrected chi connectivity index (χ1v) is 6.50. The zero-order chi connectivity index (χ0) is 11.4. The van der Waals surface area contributed by atoms with Crippen LogP contribution in [0, 0.1) is 0 Å². The van der Waals surface area contributed by atoms with Crippen molar-refractivity contribution in [3.8, 4) is 0 Å². The number of thiazole rings is 1. The van der Waals surface area contributed by atoms with Crippen molar-refractivity contribution in [1.82, 2.24) is 15.2 Å². The predicted molar refractivity (Wildman–Crippen MR) is 64.2 cm³/mol. The van der Waals surface area contributed by atoms with Crippen LogP contribution in [0.1, 0.15) is 24.6 Å². The summed E-state index contributed by atoms with van der Waals surface area (Å²) in [5.41, 5.74) is 1.86. The van der Waals surface area contributed by atoms with Crippen LogP contribution in [-0.4, -0.2) is 34.9 Å². The minimum atomic E-state index is 0.195. The Balaban J connectivity index is 1.71. The fourth-order valence-corrected chi connectivity index (χ4v) is 2.52. The Hall–Kier alpha value is -0.940. The summed E-state index contributed by atoms with van der Waals surface area (Å²) in [6.07, 6.45) is 4.01. The number of carbonyl (C=O) groups excluding carboxylic acids is 1. The van der Waals surface area contributed by atoms with Crippen LogP contribution in [-0.2, 0) is 11.3 Å². The first-order valence-electron chi connectivity index (χ1n) is 5.62. The number of amides is 1. The average molecular weight is 239 g/mol. The Morgan fingerprint density at radius 2 is 2.38 bits per heavy atom. The van der Waals surface area contributed by atoms with E-state index in [-0.39, 0.29) is 5.91 Å². The van der Waals surface area contributed by atoms with Crippen molar-refractivity contribution in [2.75, 3.05) is 13.1 Å². The van der Waals surface area contributed by atoms with Crippen LogP contribution in [0.15, 0.2) is 11.7 Å². The van der Waals surface area contributed by atoms with Gasteiger partial charge in [-0.2, -0.15) is 0 Å². The van der Waals surface area contributed by atoms with E-state index in [2.05, 4.69) is 10.3 Å². The molecule has 1 amide bonds. The van der Waals surface area contributed by atoms with E-state index in [1.54, 1.807) is 18.3 Å². The molecule has 2 heterocycles. The molecule has 0 aliphatic carbocycles. The molecule has 1 aromatic rings. The smallest absolute Gasteiger partial charge is 0.219 e. The van der Waals surface area contributed by atoms with Gasteiger partial charge < -0.3 is 10.2 Å². The number of aromatic nitrogens is 1. The van der Waals surface area contributed by atoms with E-state index in [1.807, 2.05) is 16.6 Å². The Morgan fingerprint density at radius 1 is 1.62 bits per heavy atom. The molecule has 0 bridgehead atoms. The molecule has 1 saturated heterocycles. The lowest BCUT2D eigenvalue weighted by Gasteiger charge is -2.31. The van der Waals surface area contributed by atoms with Crippen LogP contribution >= 0.6 is 11.3 Å². The maximum absolute atomic E-state index is 11.1. The summed E-state index contributed by atoms with van der Waals surface area (Å²) in [6, 6.07) is 0.540. The number of hydrogen-bond acceptors (Lipinski definition) is 4. The van der Waals surface area contributed by atoms with E-state index < -0.39 is 0 Å². The van der Waals surface area contributed by atoms with Crippen molar-refractivity contribution in [2.45, 2.75) is 32.4 Å². The van der Waals surface area contributed by atoms with E-state index >= 15 is 0 Å². The van der Waals surface area contributed by atoms with E-state index in [9.17, 15) is 4.79 Å². The lowest BCUT2D eigenvalue weighted by Crippen LogP contribution is -2.43. The molecule has 1 aliphatic rings. The summed E-state index contributed by atoms with van der Waals surface area (Å²) in [5.74, 6) is 0.195. The lowest BCUT2D eigenvalue weighted by molar-refractivity contribution is -0.129. The maximum Gasteiger partial charge on any atom is 0.219 e. The summed E-state index contributed by atoms with van der Waals surface area (Å²) in [5, 5.41) is 3.52. The predicted octanol–water partition coefficient (Wildman–Crippen LogP) is 1.24. The van der Waals surface area contributed by atoms with E-state index in [1.165, 1.54) is 4.88 Å². The van der Waals surface area contributed by atoms with E-state index in [0.717, 1.165) is 32.5 Å². The number of rotatable bonds is 3. The highest BCUT2D eigenvalue weighted by Crippen LogP contribution is 2.12. The first-order chi connectivity index (χ1) is 7.75. The van der Waals surface area contributed by atoms with Gasteiger partial charge in [0.15, 0.2) is 0 Å². The minimum absolute atomic E-state index is 0.195.